The van der Waals surface area contributed by atoms with Crippen molar-refractivity contribution in [1.82, 2.24) is 4.98 Å². The first-order chi connectivity index (χ1) is 8.19. The first-order valence-electron chi connectivity index (χ1n) is 5.64. The van der Waals surface area contributed by atoms with E-state index in [1.807, 2.05) is 13.0 Å². The van der Waals surface area contributed by atoms with Gasteiger partial charge in [-0.15, -0.1) is 0 Å². The Hall–Kier alpha value is -1.33. The van der Waals surface area contributed by atoms with Crippen LogP contribution in [0.15, 0.2) is 12.3 Å². The van der Waals surface area contributed by atoms with Crippen molar-refractivity contribution < 1.29 is 9.47 Å². The van der Waals surface area contributed by atoms with E-state index in [1.54, 1.807) is 20.4 Å². The molecule has 2 N–H and O–H groups in total. The number of hydrogen-bond donors (Lipinski definition) is 1. The van der Waals surface area contributed by atoms with Gasteiger partial charge in [-0.05, 0) is 18.6 Å². The van der Waals surface area contributed by atoms with Gasteiger partial charge in [0, 0.05) is 27.3 Å². The predicted molar refractivity (Wildman–Crippen MR) is 69.4 cm³/mol. The number of aromatic nitrogens is 1. The molecule has 5 heteroatoms. The number of anilines is 2. The van der Waals surface area contributed by atoms with Gasteiger partial charge in [-0.2, -0.15) is 0 Å². The van der Waals surface area contributed by atoms with Crippen LogP contribution in [0.3, 0.4) is 0 Å². The van der Waals surface area contributed by atoms with Gasteiger partial charge in [0.1, 0.15) is 5.82 Å². The quantitative estimate of drug-likeness (QED) is 0.771. The van der Waals surface area contributed by atoms with E-state index in [9.17, 15) is 0 Å². The standard InChI is InChI=1S/C12H21N3O2/c1-10-8-12(13)14-9-11(10)15(4-6-16-2)5-7-17-3/h8-9H,4-7H2,1-3H3,(H2,13,14). The summed E-state index contributed by atoms with van der Waals surface area (Å²) >= 11 is 0. The number of nitrogens with zero attached hydrogens (tertiary/aromatic N) is 2. The van der Waals surface area contributed by atoms with Crippen molar-refractivity contribution in [2.45, 2.75) is 6.92 Å². The summed E-state index contributed by atoms with van der Waals surface area (Å²) in [5.74, 6) is 0.546. The molecule has 0 saturated heterocycles. The molecular formula is C12H21N3O2. The van der Waals surface area contributed by atoms with Crippen LogP contribution in [-0.2, 0) is 9.47 Å². The number of rotatable bonds is 7. The molecule has 1 aromatic heterocycles. The molecule has 96 valence electrons. The molecule has 0 aromatic carbocycles. The molecule has 0 atom stereocenters. The molecular weight excluding hydrogens is 218 g/mol. The summed E-state index contributed by atoms with van der Waals surface area (Å²) in [6.07, 6.45) is 1.80. The lowest BCUT2D eigenvalue weighted by Gasteiger charge is -2.25. The summed E-state index contributed by atoms with van der Waals surface area (Å²) < 4.78 is 10.2. The number of ether oxygens (including phenoxy) is 2. The molecule has 0 aliphatic carbocycles. The number of nitrogen functional groups attached to an aromatic ring is 1. The van der Waals surface area contributed by atoms with Gasteiger partial charge in [0.15, 0.2) is 0 Å². The van der Waals surface area contributed by atoms with Crippen molar-refractivity contribution in [3.63, 3.8) is 0 Å². The zero-order valence-electron chi connectivity index (χ0n) is 10.8. The van der Waals surface area contributed by atoms with E-state index < -0.39 is 0 Å². The SMILES string of the molecule is COCCN(CCOC)c1cnc(N)cc1C. The van der Waals surface area contributed by atoms with E-state index >= 15 is 0 Å². The van der Waals surface area contributed by atoms with E-state index in [-0.39, 0.29) is 0 Å². The molecule has 1 aromatic rings. The first-order valence-corrected chi connectivity index (χ1v) is 5.64. The molecule has 1 heterocycles. The van der Waals surface area contributed by atoms with Gasteiger partial charge < -0.3 is 20.1 Å². The lowest BCUT2D eigenvalue weighted by molar-refractivity contribution is 0.190. The average molecular weight is 239 g/mol. The van der Waals surface area contributed by atoms with E-state index in [4.69, 9.17) is 15.2 Å². The van der Waals surface area contributed by atoms with Gasteiger partial charge in [0.2, 0.25) is 0 Å². The maximum Gasteiger partial charge on any atom is 0.123 e. The second-order valence-corrected chi connectivity index (χ2v) is 3.87. The molecule has 0 bridgehead atoms. The largest absolute Gasteiger partial charge is 0.384 e. The van der Waals surface area contributed by atoms with Crippen molar-refractivity contribution in [3.05, 3.63) is 17.8 Å². The Kier molecular flexibility index (Phi) is 5.72. The molecule has 0 aliphatic heterocycles. The Morgan fingerprint density at radius 1 is 1.24 bits per heavy atom. The minimum Gasteiger partial charge on any atom is -0.384 e. The van der Waals surface area contributed by atoms with Gasteiger partial charge in [-0.1, -0.05) is 0 Å². The second kappa shape index (κ2) is 7.09. The second-order valence-electron chi connectivity index (χ2n) is 3.87. The van der Waals surface area contributed by atoms with Gasteiger partial charge in [0.05, 0.1) is 25.1 Å². The Morgan fingerprint density at radius 3 is 2.29 bits per heavy atom. The highest BCUT2D eigenvalue weighted by molar-refractivity contribution is 5.55. The molecule has 17 heavy (non-hydrogen) atoms. The fraction of sp³-hybridized carbons (Fsp3) is 0.583. The van der Waals surface area contributed by atoms with E-state index in [0.717, 1.165) is 24.3 Å². The monoisotopic (exact) mass is 239 g/mol. The molecule has 0 aliphatic rings. The van der Waals surface area contributed by atoms with E-state index in [2.05, 4.69) is 9.88 Å². The van der Waals surface area contributed by atoms with Crippen LogP contribution in [0.1, 0.15) is 5.56 Å². The van der Waals surface area contributed by atoms with Crippen molar-refractivity contribution >= 4 is 11.5 Å². The summed E-state index contributed by atoms with van der Waals surface area (Å²) in [5.41, 5.74) is 7.84. The lowest BCUT2D eigenvalue weighted by atomic mass is 10.2. The maximum atomic E-state index is 5.65. The minimum atomic E-state index is 0.546. The number of aryl methyl sites for hydroxylation is 1. The predicted octanol–water partition coefficient (Wildman–Crippen LogP) is 1.07. The summed E-state index contributed by atoms with van der Waals surface area (Å²) in [6, 6.07) is 1.88. The molecule has 0 spiro atoms. The van der Waals surface area contributed by atoms with Crippen LogP contribution in [-0.4, -0.2) is 45.5 Å². The third-order valence-electron chi connectivity index (χ3n) is 2.58. The fourth-order valence-electron chi connectivity index (χ4n) is 1.66. The molecule has 0 unspecified atom stereocenters. The molecule has 0 radical (unpaired) electrons. The van der Waals surface area contributed by atoms with Crippen LogP contribution < -0.4 is 10.6 Å². The smallest absolute Gasteiger partial charge is 0.123 e. The van der Waals surface area contributed by atoms with Gasteiger partial charge in [-0.25, -0.2) is 4.98 Å². The molecule has 0 saturated carbocycles. The minimum absolute atomic E-state index is 0.546. The third-order valence-corrected chi connectivity index (χ3v) is 2.58. The van der Waals surface area contributed by atoms with Crippen molar-refractivity contribution in [1.29, 1.82) is 0 Å². The normalized spacial score (nSPS) is 10.5. The Labute approximate surface area is 103 Å². The lowest BCUT2D eigenvalue weighted by Crippen LogP contribution is -2.31. The summed E-state index contributed by atoms with van der Waals surface area (Å²) in [5, 5.41) is 0. The zero-order valence-corrected chi connectivity index (χ0v) is 10.8. The van der Waals surface area contributed by atoms with Crippen molar-refractivity contribution in [2.24, 2.45) is 0 Å². The van der Waals surface area contributed by atoms with E-state index in [1.165, 1.54) is 0 Å². The Bertz CT molecular complexity index is 337. The summed E-state index contributed by atoms with van der Waals surface area (Å²) in [6.45, 7) is 5.00. The van der Waals surface area contributed by atoms with Crippen molar-refractivity contribution in [2.75, 3.05) is 51.2 Å². The van der Waals surface area contributed by atoms with Gasteiger partial charge in [0.25, 0.3) is 0 Å². The van der Waals surface area contributed by atoms with Crippen LogP contribution in [0.2, 0.25) is 0 Å². The summed E-state index contributed by atoms with van der Waals surface area (Å²) in [7, 11) is 3.39. The van der Waals surface area contributed by atoms with Crippen LogP contribution in [0.25, 0.3) is 0 Å². The highest BCUT2D eigenvalue weighted by Gasteiger charge is 2.09. The molecule has 0 amide bonds. The van der Waals surface area contributed by atoms with Gasteiger partial charge in [-0.3, -0.25) is 0 Å². The van der Waals surface area contributed by atoms with E-state index in [0.29, 0.717) is 19.0 Å². The molecule has 1 rings (SSSR count). The highest BCUT2D eigenvalue weighted by Crippen LogP contribution is 2.19. The third kappa shape index (κ3) is 4.20. The van der Waals surface area contributed by atoms with Gasteiger partial charge >= 0.3 is 0 Å². The average Bonchev–Trinajstić information content (AvgIpc) is 2.30. The zero-order chi connectivity index (χ0) is 12.7. The highest BCUT2D eigenvalue weighted by atomic mass is 16.5. The van der Waals surface area contributed by atoms with Crippen LogP contribution in [0, 0.1) is 6.92 Å². The number of nitrogens with two attached hydrogens (primary N) is 1. The Balaban J connectivity index is 2.79. The summed E-state index contributed by atoms with van der Waals surface area (Å²) in [4.78, 5) is 6.32. The van der Waals surface area contributed by atoms with Crippen LogP contribution in [0.5, 0.6) is 0 Å². The molecule has 0 fully saturated rings. The molecule has 5 nitrogen and oxygen atoms in total. The van der Waals surface area contributed by atoms with Crippen LogP contribution in [0.4, 0.5) is 11.5 Å². The number of pyridine rings is 1. The number of methoxy groups -OCH3 is 2. The Morgan fingerprint density at radius 2 is 1.82 bits per heavy atom. The fourth-order valence-corrected chi connectivity index (χ4v) is 1.66. The first kappa shape index (κ1) is 13.7. The maximum absolute atomic E-state index is 5.65. The van der Waals surface area contributed by atoms with Crippen LogP contribution >= 0.6 is 0 Å². The topological polar surface area (TPSA) is 60.6 Å². The van der Waals surface area contributed by atoms with Crippen molar-refractivity contribution in [3.8, 4) is 0 Å². The number of hydrogen-bond acceptors (Lipinski definition) is 5.